The first-order valence-corrected chi connectivity index (χ1v) is 10.9. The number of likely N-dealkylation sites (tertiary alicyclic amines) is 1. The Morgan fingerprint density at radius 2 is 1.80 bits per heavy atom. The number of thiazole rings is 1. The van der Waals surface area contributed by atoms with E-state index in [1.807, 2.05) is 49.1 Å². The van der Waals surface area contributed by atoms with Gasteiger partial charge < -0.3 is 4.90 Å². The predicted octanol–water partition coefficient (Wildman–Crippen LogP) is 5.38. The van der Waals surface area contributed by atoms with E-state index in [1.165, 1.54) is 17.8 Å². The number of nitriles is 1. The number of nitrogens with zero attached hydrogens (tertiary/aromatic N) is 4. The summed E-state index contributed by atoms with van der Waals surface area (Å²) in [6.07, 6.45) is 3.25. The molecule has 1 N–H and O–H groups in total. The van der Waals surface area contributed by atoms with Crippen LogP contribution in [0.15, 0.2) is 36.4 Å². The Hall–Kier alpha value is -3.24. The second-order valence-electron chi connectivity index (χ2n) is 7.51. The predicted molar refractivity (Wildman–Crippen MR) is 119 cm³/mol. The molecule has 1 saturated heterocycles. The lowest BCUT2D eigenvalue weighted by atomic mass is 10.0. The Bertz CT molecular complexity index is 1100. The monoisotopic (exact) mass is 417 g/mol. The number of hydrogen-bond donors (Lipinski definition) is 1. The Balaban J connectivity index is 1.75. The summed E-state index contributed by atoms with van der Waals surface area (Å²) in [5, 5.41) is 12.8. The van der Waals surface area contributed by atoms with Crippen LogP contribution in [0.2, 0.25) is 0 Å². The van der Waals surface area contributed by atoms with Gasteiger partial charge in [-0.3, -0.25) is 10.3 Å². The summed E-state index contributed by atoms with van der Waals surface area (Å²) >= 11 is 1.45. The summed E-state index contributed by atoms with van der Waals surface area (Å²) in [7, 11) is 0. The van der Waals surface area contributed by atoms with E-state index in [0.717, 1.165) is 59.0 Å². The lowest BCUT2D eigenvalue weighted by Gasteiger charge is -2.26. The summed E-state index contributed by atoms with van der Waals surface area (Å²) in [5.41, 5.74) is 5.05. The Morgan fingerprint density at radius 1 is 1.07 bits per heavy atom. The van der Waals surface area contributed by atoms with E-state index >= 15 is 0 Å². The molecular formula is C23H23N5OS. The maximum Gasteiger partial charge on any atom is 0.323 e. The zero-order valence-electron chi connectivity index (χ0n) is 17.1. The van der Waals surface area contributed by atoms with Crippen molar-refractivity contribution in [2.45, 2.75) is 33.1 Å². The molecule has 0 aliphatic carbocycles. The Labute approximate surface area is 180 Å². The van der Waals surface area contributed by atoms with Gasteiger partial charge in [0.1, 0.15) is 0 Å². The number of carbonyl (C=O) groups is 1. The molecule has 0 bridgehead atoms. The van der Waals surface area contributed by atoms with E-state index in [2.05, 4.69) is 16.4 Å². The molecule has 0 saturated carbocycles. The van der Waals surface area contributed by atoms with Gasteiger partial charge in [-0.2, -0.15) is 5.26 Å². The van der Waals surface area contributed by atoms with Gasteiger partial charge in [0.2, 0.25) is 0 Å². The number of aryl methyl sites for hydroxylation is 2. The molecule has 0 spiro atoms. The lowest BCUT2D eigenvalue weighted by Crippen LogP contribution is -2.38. The third-order valence-corrected chi connectivity index (χ3v) is 6.11. The number of anilines is 1. The first kappa shape index (κ1) is 20.0. The highest BCUT2D eigenvalue weighted by molar-refractivity contribution is 7.19. The van der Waals surface area contributed by atoms with Gasteiger partial charge >= 0.3 is 6.03 Å². The zero-order valence-corrected chi connectivity index (χ0v) is 17.9. The second kappa shape index (κ2) is 8.64. The van der Waals surface area contributed by atoms with Gasteiger partial charge in [-0.1, -0.05) is 23.5 Å². The van der Waals surface area contributed by atoms with Crippen LogP contribution in [0, 0.1) is 25.2 Å². The van der Waals surface area contributed by atoms with E-state index in [1.54, 1.807) is 6.07 Å². The van der Waals surface area contributed by atoms with Gasteiger partial charge in [0.25, 0.3) is 0 Å². The van der Waals surface area contributed by atoms with Crippen molar-refractivity contribution in [2.75, 3.05) is 18.4 Å². The summed E-state index contributed by atoms with van der Waals surface area (Å²) in [4.78, 5) is 24.7. The first-order valence-electron chi connectivity index (χ1n) is 10.1. The van der Waals surface area contributed by atoms with Crippen molar-refractivity contribution < 1.29 is 4.79 Å². The van der Waals surface area contributed by atoms with Crippen molar-refractivity contribution in [1.82, 2.24) is 14.9 Å². The summed E-state index contributed by atoms with van der Waals surface area (Å²) in [6, 6.07) is 13.5. The van der Waals surface area contributed by atoms with Crippen molar-refractivity contribution in [3.05, 3.63) is 53.3 Å². The average Bonchev–Trinajstić information content (AvgIpc) is 3.17. The van der Waals surface area contributed by atoms with Gasteiger partial charge in [-0.15, -0.1) is 0 Å². The number of pyridine rings is 1. The SMILES string of the molecule is Cc1cc(-c2sc(NC(=O)N3CCCCC3)nc2-c2cccc(C#N)c2)cc(C)n1. The molecule has 3 aromatic rings. The Kier molecular flexibility index (Phi) is 5.77. The van der Waals surface area contributed by atoms with Gasteiger partial charge in [0.15, 0.2) is 5.13 Å². The maximum absolute atomic E-state index is 12.7. The van der Waals surface area contributed by atoms with E-state index in [0.29, 0.717) is 10.7 Å². The van der Waals surface area contributed by atoms with Crippen LogP contribution < -0.4 is 5.32 Å². The first-order chi connectivity index (χ1) is 14.5. The number of nitrogens with one attached hydrogen (secondary N) is 1. The minimum atomic E-state index is -0.102. The van der Waals surface area contributed by atoms with Crippen molar-refractivity contribution >= 4 is 22.5 Å². The molecule has 2 amide bonds. The van der Waals surface area contributed by atoms with Crippen LogP contribution in [0.1, 0.15) is 36.2 Å². The number of piperidine rings is 1. The highest BCUT2D eigenvalue weighted by atomic mass is 32.1. The van der Waals surface area contributed by atoms with Crippen molar-refractivity contribution in [2.24, 2.45) is 0 Å². The van der Waals surface area contributed by atoms with Gasteiger partial charge in [0, 0.05) is 30.0 Å². The standard InChI is InChI=1S/C23H23N5OS/c1-15-11-19(12-16(2)25-15)21-20(18-8-6-7-17(13-18)14-24)26-22(30-21)27-23(29)28-9-4-3-5-10-28/h6-8,11-13H,3-5,9-10H2,1-2H3,(H,26,27,29). The zero-order chi connectivity index (χ0) is 21.1. The number of hydrogen-bond acceptors (Lipinski definition) is 5. The third kappa shape index (κ3) is 4.34. The molecule has 6 nitrogen and oxygen atoms in total. The van der Waals surface area contributed by atoms with Crippen LogP contribution in [-0.2, 0) is 0 Å². The van der Waals surface area contributed by atoms with E-state index in [-0.39, 0.29) is 6.03 Å². The minimum Gasteiger partial charge on any atom is -0.324 e. The molecule has 1 aromatic carbocycles. The fourth-order valence-corrected chi connectivity index (χ4v) is 4.70. The smallest absolute Gasteiger partial charge is 0.323 e. The Morgan fingerprint density at radius 3 is 2.50 bits per heavy atom. The van der Waals surface area contributed by atoms with Crippen molar-refractivity contribution in [3.63, 3.8) is 0 Å². The van der Waals surface area contributed by atoms with Gasteiger partial charge in [-0.25, -0.2) is 9.78 Å². The molecule has 0 atom stereocenters. The average molecular weight is 418 g/mol. The number of carbonyl (C=O) groups excluding carboxylic acids is 1. The summed E-state index contributed by atoms with van der Waals surface area (Å²) < 4.78 is 0. The van der Waals surface area contributed by atoms with E-state index in [4.69, 9.17) is 4.98 Å². The van der Waals surface area contributed by atoms with E-state index in [9.17, 15) is 10.1 Å². The summed E-state index contributed by atoms with van der Waals surface area (Å²) in [6.45, 7) is 5.49. The largest absolute Gasteiger partial charge is 0.324 e. The number of amides is 2. The number of aromatic nitrogens is 2. The molecule has 152 valence electrons. The minimum absolute atomic E-state index is 0.102. The fourth-order valence-electron chi connectivity index (χ4n) is 3.73. The topological polar surface area (TPSA) is 81.9 Å². The molecule has 30 heavy (non-hydrogen) atoms. The molecule has 0 radical (unpaired) electrons. The lowest BCUT2D eigenvalue weighted by molar-refractivity contribution is 0.200. The third-order valence-electron chi connectivity index (χ3n) is 5.09. The van der Waals surface area contributed by atoms with Crippen LogP contribution in [0.4, 0.5) is 9.93 Å². The van der Waals surface area contributed by atoms with Crippen LogP contribution >= 0.6 is 11.3 Å². The van der Waals surface area contributed by atoms with E-state index < -0.39 is 0 Å². The summed E-state index contributed by atoms with van der Waals surface area (Å²) in [5.74, 6) is 0. The molecule has 1 aliphatic rings. The normalized spacial score (nSPS) is 13.7. The molecule has 4 rings (SSSR count). The van der Waals surface area contributed by atoms with Crippen LogP contribution in [-0.4, -0.2) is 34.0 Å². The van der Waals surface area contributed by atoms with Crippen LogP contribution in [0.3, 0.4) is 0 Å². The van der Waals surface area contributed by atoms with Crippen LogP contribution in [0.25, 0.3) is 21.7 Å². The number of benzene rings is 1. The molecule has 3 heterocycles. The molecular weight excluding hydrogens is 394 g/mol. The maximum atomic E-state index is 12.7. The van der Waals surface area contributed by atoms with Gasteiger partial charge in [0.05, 0.1) is 22.2 Å². The molecule has 1 fully saturated rings. The van der Waals surface area contributed by atoms with Gasteiger partial charge in [-0.05, 0) is 62.9 Å². The quantitative estimate of drug-likeness (QED) is 0.620. The molecule has 1 aliphatic heterocycles. The fraction of sp³-hybridized carbons (Fsp3) is 0.304. The van der Waals surface area contributed by atoms with Crippen LogP contribution in [0.5, 0.6) is 0 Å². The molecule has 2 aromatic heterocycles. The highest BCUT2D eigenvalue weighted by Crippen LogP contribution is 2.39. The molecule has 7 heteroatoms. The number of rotatable bonds is 3. The van der Waals surface area contributed by atoms with Crippen molar-refractivity contribution in [3.8, 4) is 27.8 Å². The van der Waals surface area contributed by atoms with Crippen molar-refractivity contribution in [1.29, 1.82) is 5.26 Å². The highest BCUT2D eigenvalue weighted by Gasteiger charge is 2.21. The number of urea groups is 1. The molecule has 0 unspecified atom stereocenters. The second-order valence-corrected chi connectivity index (χ2v) is 8.50.